The molecule has 2 rings (SSSR count). The molecule has 124 valence electrons. The van der Waals surface area contributed by atoms with Gasteiger partial charge in [0, 0.05) is 6.42 Å². The zero-order valence-corrected chi connectivity index (χ0v) is 15.9. The van der Waals surface area contributed by atoms with Crippen LogP contribution in [-0.4, -0.2) is 41.1 Å². The van der Waals surface area contributed by atoms with E-state index in [2.05, 4.69) is 31.2 Å². The second kappa shape index (κ2) is 8.35. The number of benzene rings is 1. The van der Waals surface area contributed by atoms with Crippen LogP contribution in [0.3, 0.4) is 0 Å². The normalized spacial score (nSPS) is 11.2. The van der Waals surface area contributed by atoms with Crippen molar-refractivity contribution in [2.45, 2.75) is 25.4 Å². The molecule has 0 saturated carbocycles. The Morgan fingerprint density at radius 1 is 1.35 bits per heavy atom. The van der Waals surface area contributed by atoms with Crippen LogP contribution in [0, 0.1) is 0 Å². The number of aromatic nitrogens is 3. The fourth-order valence-electron chi connectivity index (χ4n) is 1.98. The summed E-state index contributed by atoms with van der Waals surface area (Å²) in [7, 11) is 1.62. The molecule has 0 amide bonds. The molecule has 23 heavy (non-hydrogen) atoms. The van der Waals surface area contributed by atoms with E-state index in [1.807, 2.05) is 32.2 Å². The third kappa shape index (κ3) is 4.06. The van der Waals surface area contributed by atoms with Crippen LogP contribution in [0.25, 0.3) is 0 Å². The van der Waals surface area contributed by atoms with E-state index < -0.39 is 0 Å². The number of rotatable bonds is 7. The van der Waals surface area contributed by atoms with Gasteiger partial charge in [0.15, 0.2) is 17.3 Å². The van der Waals surface area contributed by atoms with Crippen LogP contribution in [-0.2, 0) is 6.42 Å². The monoisotopic (exact) mass is 398 g/mol. The zero-order chi connectivity index (χ0) is 16.8. The average molecular weight is 399 g/mol. The van der Waals surface area contributed by atoms with Gasteiger partial charge in [-0.25, -0.2) is 0 Å². The highest BCUT2D eigenvalue weighted by molar-refractivity contribution is 9.10. The smallest absolute Gasteiger partial charge is 0.211 e. The highest BCUT2D eigenvalue weighted by Gasteiger charge is 2.11. The number of hydrogen-bond donors (Lipinski definition) is 0. The Labute approximate surface area is 148 Å². The maximum absolute atomic E-state index is 5.59. The highest BCUT2D eigenvalue weighted by atomic mass is 79.9. The van der Waals surface area contributed by atoms with Crippen LogP contribution in [0.5, 0.6) is 11.5 Å². The molecule has 0 radical (unpaired) electrons. The lowest BCUT2D eigenvalue weighted by Crippen LogP contribution is -2.00. The Morgan fingerprint density at radius 2 is 2.13 bits per heavy atom. The van der Waals surface area contributed by atoms with E-state index in [0.29, 0.717) is 18.1 Å². The minimum atomic E-state index is 0.569. The molecule has 0 spiro atoms. The molecular formula is C15H19BrN4O2S. The highest BCUT2D eigenvalue weighted by Crippen LogP contribution is 2.36. The van der Waals surface area contributed by atoms with Gasteiger partial charge in [0.2, 0.25) is 5.16 Å². The molecule has 0 atom stereocenters. The van der Waals surface area contributed by atoms with Gasteiger partial charge in [-0.15, -0.1) is 10.2 Å². The maximum Gasteiger partial charge on any atom is 0.211 e. The SMILES string of the molecule is CCOc1c(Br)cc(/C=N\n2c(CC)nnc2SC)cc1OC. The van der Waals surface area contributed by atoms with Gasteiger partial charge in [-0.1, -0.05) is 18.7 Å². The first-order valence-corrected chi connectivity index (χ1v) is 9.19. The van der Waals surface area contributed by atoms with Crippen molar-refractivity contribution in [1.29, 1.82) is 0 Å². The fourth-order valence-corrected chi connectivity index (χ4v) is 3.00. The van der Waals surface area contributed by atoms with Crippen LogP contribution in [0.4, 0.5) is 0 Å². The summed E-state index contributed by atoms with van der Waals surface area (Å²) in [4.78, 5) is 0. The second-order valence-electron chi connectivity index (χ2n) is 4.48. The molecule has 0 fully saturated rings. The molecule has 1 aromatic heterocycles. The van der Waals surface area contributed by atoms with Crippen LogP contribution in [0.1, 0.15) is 25.2 Å². The Hall–Kier alpha value is -1.54. The number of methoxy groups -OCH3 is 1. The lowest BCUT2D eigenvalue weighted by molar-refractivity contribution is 0.309. The van der Waals surface area contributed by atoms with Crippen LogP contribution < -0.4 is 9.47 Å². The summed E-state index contributed by atoms with van der Waals surface area (Å²) in [5, 5.41) is 13.5. The molecule has 8 heteroatoms. The van der Waals surface area contributed by atoms with Crippen molar-refractivity contribution in [3.8, 4) is 11.5 Å². The van der Waals surface area contributed by atoms with Gasteiger partial charge < -0.3 is 9.47 Å². The van der Waals surface area contributed by atoms with Gasteiger partial charge in [-0.3, -0.25) is 0 Å². The average Bonchev–Trinajstić information content (AvgIpc) is 2.96. The van der Waals surface area contributed by atoms with Crippen molar-refractivity contribution in [2.75, 3.05) is 20.0 Å². The lowest BCUT2D eigenvalue weighted by atomic mass is 10.2. The standard InChI is InChI=1S/C15H19BrN4O2S/c1-5-13-18-19-15(23-4)20(13)17-9-10-7-11(16)14(22-6-2)12(8-10)21-3/h7-9H,5-6H2,1-4H3/b17-9-. The maximum atomic E-state index is 5.59. The molecule has 0 unspecified atom stereocenters. The van der Waals surface area contributed by atoms with Crippen molar-refractivity contribution >= 4 is 33.9 Å². The first-order chi connectivity index (χ1) is 11.1. The Kier molecular flexibility index (Phi) is 6.47. The lowest BCUT2D eigenvalue weighted by Gasteiger charge is -2.12. The van der Waals surface area contributed by atoms with Crippen molar-refractivity contribution in [3.05, 3.63) is 28.0 Å². The molecule has 1 heterocycles. The Balaban J connectivity index is 2.37. The van der Waals surface area contributed by atoms with Crippen molar-refractivity contribution in [2.24, 2.45) is 5.10 Å². The number of hydrogen-bond acceptors (Lipinski definition) is 6. The summed E-state index contributed by atoms with van der Waals surface area (Å²) in [5.74, 6) is 2.17. The van der Waals surface area contributed by atoms with E-state index in [0.717, 1.165) is 27.4 Å². The molecule has 0 bridgehead atoms. The quantitative estimate of drug-likeness (QED) is 0.526. The van der Waals surface area contributed by atoms with Gasteiger partial charge in [0.05, 0.1) is 24.4 Å². The number of halogens is 1. The van der Waals surface area contributed by atoms with Crippen LogP contribution in [0.15, 0.2) is 26.9 Å². The van der Waals surface area contributed by atoms with E-state index in [4.69, 9.17) is 9.47 Å². The molecule has 0 aliphatic rings. The van der Waals surface area contributed by atoms with E-state index in [1.165, 1.54) is 11.8 Å². The van der Waals surface area contributed by atoms with E-state index >= 15 is 0 Å². The summed E-state index contributed by atoms with van der Waals surface area (Å²) in [6, 6.07) is 3.82. The van der Waals surface area contributed by atoms with Gasteiger partial charge in [0.1, 0.15) is 0 Å². The van der Waals surface area contributed by atoms with E-state index in [9.17, 15) is 0 Å². The van der Waals surface area contributed by atoms with Gasteiger partial charge in [0.25, 0.3) is 0 Å². The summed E-state index contributed by atoms with van der Waals surface area (Å²) in [6.45, 7) is 4.53. The molecule has 2 aromatic rings. The van der Waals surface area contributed by atoms with Crippen molar-refractivity contribution in [3.63, 3.8) is 0 Å². The van der Waals surface area contributed by atoms with Crippen molar-refractivity contribution in [1.82, 2.24) is 14.9 Å². The topological polar surface area (TPSA) is 61.5 Å². The summed E-state index contributed by atoms with van der Waals surface area (Å²) in [6.07, 6.45) is 4.47. The zero-order valence-electron chi connectivity index (χ0n) is 13.5. The third-order valence-electron chi connectivity index (χ3n) is 3.04. The van der Waals surface area contributed by atoms with Gasteiger partial charge in [-0.05, 0) is 46.8 Å². The van der Waals surface area contributed by atoms with Crippen molar-refractivity contribution < 1.29 is 9.47 Å². The molecule has 1 aromatic carbocycles. The van der Waals surface area contributed by atoms with E-state index in [1.54, 1.807) is 18.0 Å². The first kappa shape index (κ1) is 17.8. The molecule has 0 aliphatic heterocycles. The van der Waals surface area contributed by atoms with Crippen LogP contribution in [0.2, 0.25) is 0 Å². The van der Waals surface area contributed by atoms with E-state index in [-0.39, 0.29) is 0 Å². The minimum Gasteiger partial charge on any atom is -0.493 e. The minimum absolute atomic E-state index is 0.569. The Morgan fingerprint density at radius 3 is 2.74 bits per heavy atom. The molecule has 0 aliphatic carbocycles. The number of thioether (sulfide) groups is 1. The number of aryl methyl sites for hydroxylation is 1. The predicted molar refractivity (Wildman–Crippen MR) is 96.0 cm³/mol. The summed E-state index contributed by atoms with van der Waals surface area (Å²) < 4.78 is 13.6. The molecular weight excluding hydrogens is 380 g/mol. The second-order valence-corrected chi connectivity index (χ2v) is 6.11. The van der Waals surface area contributed by atoms with Crippen LogP contribution >= 0.6 is 27.7 Å². The predicted octanol–water partition coefficient (Wildman–Crippen LogP) is 3.61. The molecule has 0 saturated heterocycles. The Bertz CT molecular complexity index is 682. The van der Waals surface area contributed by atoms with Gasteiger partial charge in [-0.2, -0.15) is 9.78 Å². The summed E-state index contributed by atoms with van der Waals surface area (Å²) >= 11 is 5.02. The fraction of sp³-hybridized carbons (Fsp3) is 0.400. The molecule has 6 nitrogen and oxygen atoms in total. The first-order valence-electron chi connectivity index (χ1n) is 7.17. The number of ether oxygens (including phenoxy) is 2. The largest absolute Gasteiger partial charge is 0.493 e. The number of nitrogens with zero attached hydrogens (tertiary/aromatic N) is 4. The van der Waals surface area contributed by atoms with Gasteiger partial charge >= 0.3 is 0 Å². The summed E-state index contributed by atoms with van der Waals surface area (Å²) in [5.41, 5.74) is 0.889. The third-order valence-corrected chi connectivity index (χ3v) is 4.25. The molecule has 0 N–H and O–H groups in total.